The van der Waals surface area contributed by atoms with Crippen LogP contribution < -0.4 is 0 Å². The highest BCUT2D eigenvalue weighted by Crippen LogP contribution is 1.80. The predicted octanol–water partition coefficient (Wildman–Crippen LogP) is 1.23. The van der Waals surface area contributed by atoms with E-state index in [1.54, 1.807) is 12.5 Å². The van der Waals surface area contributed by atoms with Crippen molar-refractivity contribution in [3.05, 3.63) is 19.1 Å². The first-order valence-corrected chi connectivity index (χ1v) is 2.02. The van der Waals surface area contributed by atoms with E-state index in [0.717, 1.165) is 6.42 Å². The first-order valence-electron chi connectivity index (χ1n) is 2.02. The van der Waals surface area contributed by atoms with Crippen molar-refractivity contribution in [2.45, 2.75) is 6.42 Å². The standard InChI is InChI=1S/C5H8NO/c1-2-3-4-5-6-7/h2,4-5,7H,1,3H2/b6-5-. The third-order valence-electron chi connectivity index (χ3n) is 0.475. The molecule has 0 atom stereocenters. The monoisotopic (exact) mass is 98.1 g/mol. The smallest absolute Gasteiger partial charge is 0.0476 e. The second-order valence-corrected chi connectivity index (χ2v) is 1.02. The van der Waals surface area contributed by atoms with Crippen LogP contribution in [-0.4, -0.2) is 11.4 Å². The van der Waals surface area contributed by atoms with Gasteiger partial charge >= 0.3 is 0 Å². The largest absolute Gasteiger partial charge is 0.411 e. The van der Waals surface area contributed by atoms with E-state index in [9.17, 15) is 0 Å². The van der Waals surface area contributed by atoms with Crippen molar-refractivity contribution in [2.75, 3.05) is 0 Å². The number of allylic oxidation sites excluding steroid dienone is 1. The van der Waals surface area contributed by atoms with Crippen molar-refractivity contribution < 1.29 is 5.21 Å². The summed E-state index contributed by atoms with van der Waals surface area (Å²) in [7, 11) is 0. The Labute approximate surface area is 43.2 Å². The maximum atomic E-state index is 7.80. The Morgan fingerprint density at radius 3 is 2.86 bits per heavy atom. The molecule has 0 rings (SSSR count). The minimum absolute atomic E-state index is 0.754. The Morgan fingerprint density at radius 1 is 1.71 bits per heavy atom. The minimum Gasteiger partial charge on any atom is -0.411 e. The van der Waals surface area contributed by atoms with Crippen LogP contribution in [0.5, 0.6) is 0 Å². The zero-order valence-electron chi connectivity index (χ0n) is 4.04. The molecule has 0 aromatic rings. The molecule has 7 heavy (non-hydrogen) atoms. The Kier molecular flexibility index (Phi) is 4.62. The number of hydrogen-bond donors (Lipinski definition) is 1. The van der Waals surface area contributed by atoms with Gasteiger partial charge in [0, 0.05) is 12.6 Å². The molecule has 1 radical (unpaired) electrons. The van der Waals surface area contributed by atoms with Crippen LogP contribution in [0.25, 0.3) is 0 Å². The van der Waals surface area contributed by atoms with Crippen LogP contribution in [-0.2, 0) is 0 Å². The third kappa shape index (κ3) is 5.21. The predicted molar refractivity (Wildman–Crippen MR) is 29.4 cm³/mol. The van der Waals surface area contributed by atoms with Crippen LogP contribution in [0, 0.1) is 6.42 Å². The molecule has 0 unspecified atom stereocenters. The second kappa shape index (κ2) is 5.21. The van der Waals surface area contributed by atoms with Gasteiger partial charge < -0.3 is 5.21 Å². The van der Waals surface area contributed by atoms with Gasteiger partial charge in [-0.15, -0.1) is 11.7 Å². The van der Waals surface area contributed by atoms with Crippen molar-refractivity contribution in [1.82, 2.24) is 0 Å². The van der Waals surface area contributed by atoms with Crippen LogP contribution in [0.1, 0.15) is 6.42 Å². The van der Waals surface area contributed by atoms with Gasteiger partial charge in [-0.05, 0) is 6.42 Å². The molecule has 0 aliphatic heterocycles. The lowest BCUT2D eigenvalue weighted by Crippen LogP contribution is -1.71. The summed E-state index contributed by atoms with van der Waals surface area (Å²) >= 11 is 0. The first kappa shape index (κ1) is 6.21. The molecule has 2 heteroatoms. The number of hydrogen-bond acceptors (Lipinski definition) is 2. The molecule has 0 spiro atoms. The molecule has 2 nitrogen and oxygen atoms in total. The van der Waals surface area contributed by atoms with Crippen LogP contribution in [0.3, 0.4) is 0 Å². The summed E-state index contributed by atoms with van der Waals surface area (Å²) in [5, 5.41) is 10.5. The van der Waals surface area contributed by atoms with E-state index < -0.39 is 0 Å². The average Bonchev–Trinajstić information content (AvgIpc) is 1.69. The summed E-state index contributed by atoms with van der Waals surface area (Å²) in [5.74, 6) is 0. The minimum atomic E-state index is 0.754. The number of nitrogens with zero attached hydrogens (tertiary/aromatic N) is 1. The lowest BCUT2D eigenvalue weighted by Gasteiger charge is -1.76. The topological polar surface area (TPSA) is 32.6 Å². The highest BCUT2D eigenvalue weighted by molar-refractivity contribution is 5.66. The quantitative estimate of drug-likeness (QED) is 0.186. The van der Waals surface area contributed by atoms with Crippen LogP contribution in [0.2, 0.25) is 0 Å². The van der Waals surface area contributed by atoms with Crippen LogP contribution in [0.4, 0.5) is 0 Å². The fourth-order valence-electron chi connectivity index (χ4n) is 0.204. The lowest BCUT2D eigenvalue weighted by atomic mass is 10.3. The van der Waals surface area contributed by atoms with Gasteiger partial charge in [-0.2, -0.15) is 0 Å². The second-order valence-electron chi connectivity index (χ2n) is 1.02. The first-order chi connectivity index (χ1) is 3.41. The number of rotatable bonds is 3. The highest BCUT2D eigenvalue weighted by atomic mass is 16.4. The van der Waals surface area contributed by atoms with Crippen molar-refractivity contribution in [3.63, 3.8) is 0 Å². The fraction of sp³-hybridized carbons (Fsp3) is 0.200. The van der Waals surface area contributed by atoms with E-state index in [-0.39, 0.29) is 0 Å². The SMILES string of the molecule is C=CC[CH]/C=N\O. The molecule has 0 aromatic heterocycles. The van der Waals surface area contributed by atoms with E-state index in [4.69, 9.17) is 5.21 Å². The molecule has 0 saturated carbocycles. The van der Waals surface area contributed by atoms with E-state index in [1.165, 1.54) is 6.21 Å². The molecule has 0 heterocycles. The summed E-state index contributed by atoms with van der Waals surface area (Å²) < 4.78 is 0. The maximum absolute atomic E-state index is 7.80. The Hall–Kier alpha value is -0.790. The Balaban J connectivity index is 2.82. The molecular formula is C5H8NO. The molecule has 0 saturated heterocycles. The van der Waals surface area contributed by atoms with Crippen LogP contribution >= 0.6 is 0 Å². The van der Waals surface area contributed by atoms with Gasteiger partial charge in [0.05, 0.1) is 0 Å². The molecule has 1 N–H and O–H groups in total. The van der Waals surface area contributed by atoms with E-state index in [1.807, 2.05) is 0 Å². The summed E-state index contributed by atoms with van der Waals surface area (Å²) in [4.78, 5) is 0. The number of oxime groups is 1. The normalized spacial score (nSPS) is 9.71. The third-order valence-corrected chi connectivity index (χ3v) is 0.475. The summed E-state index contributed by atoms with van der Waals surface area (Å²) in [6.45, 7) is 3.46. The lowest BCUT2D eigenvalue weighted by molar-refractivity contribution is 0.321. The van der Waals surface area contributed by atoms with Crippen molar-refractivity contribution >= 4 is 6.21 Å². The van der Waals surface area contributed by atoms with Gasteiger partial charge in [0.2, 0.25) is 0 Å². The molecule has 0 aromatic carbocycles. The molecule has 0 aliphatic rings. The maximum Gasteiger partial charge on any atom is 0.0476 e. The zero-order chi connectivity index (χ0) is 5.54. The fourth-order valence-corrected chi connectivity index (χ4v) is 0.204. The molecule has 0 aliphatic carbocycles. The summed E-state index contributed by atoms with van der Waals surface area (Å²) in [5.41, 5.74) is 0. The molecule has 0 fully saturated rings. The van der Waals surface area contributed by atoms with Gasteiger partial charge in [-0.1, -0.05) is 6.08 Å². The molecule has 0 amide bonds. The summed E-state index contributed by atoms with van der Waals surface area (Å²) in [6.07, 6.45) is 5.50. The van der Waals surface area contributed by atoms with Crippen LogP contribution in [0.15, 0.2) is 17.8 Å². The average molecular weight is 98.1 g/mol. The zero-order valence-corrected chi connectivity index (χ0v) is 4.04. The summed E-state index contributed by atoms with van der Waals surface area (Å²) in [6, 6.07) is 0. The van der Waals surface area contributed by atoms with Gasteiger partial charge in [-0.25, -0.2) is 0 Å². The highest BCUT2D eigenvalue weighted by Gasteiger charge is 1.71. The van der Waals surface area contributed by atoms with Gasteiger partial charge in [-0.3, -0.25) is 0 Å². The number of unbranched alkanes of at least 4 members (excludes halogenated alkanes) is 1. The molecular weight excluding hydrogens is 90.1 g/mol. The van der Waals surface area contributed by atoms with E-state index in [2.05, 4.69) is 11.7 Å². The van der Waals surface area contributed by atoms with E-state index >= 15 is 0 Å². The Bertz CT molecular complexity index is 68.5. The van der Waals surface area contributed by atoms with Gasteiger partial charge in [0.25, 0.3) is 0 Å². The van der Waals surface area contributed by atoms with Gasteiger partial charge in [0.15, 0.2) is 0 Å². The molecule has 0 bridgehead atoms. The molecule has 39 valence electrons. The Morgan fingerprint density at radius 2 is 2.43 bits per heavy atom. The van der Waals surface area contributed by atoms with Crippen molar-refractivity contribution in [3.8, 4) is 0 Å². The van der Waals surface area contributed by atoms with Crippen molar-refractivity contribution in [2.24, 2.45) is 5.16 Å². The van der Waals surface area contributed by atoms with Gasteiger partial charge in [0.1, 0.15) is 0 Å². The van der Waals surface area contributed by atoms with Crippen molar-refractivity contribution in [1.29, 1.82) is 0 Å². The van der Waals surface area contributed by atoms with E-state index in [0.29, 0.717) is 0 Å².